The minimum Gasteiger partial charge on any atom is -0.309 e. The monoisotopic (exact) mass is 620 g/mol. The summed E-state index contributed by atoms with van der Waals surface area (Å²) in [6.07, 6.45) is 0. The molecule has 0 bridgehead atoms. The summed E-state index contributed by atoms with van der Waals surface area (Å²) in [5, 5.41) is 8.24. The number of hydrogen-bond acceptors (Lipinski definition) is 2. The Morgan fingerprint density at radius 3 is 1.66 bits per heavy atom. The number of rotatable bonds is 5. The van der Waals surface area contributed by atoms with Crippen LogP contribution in [0.25, 0.3) is 60.4 Å². The molecule has 0 aliphatic heterocycles. The van der Waals surface area contributed by atoms with Gasteiger partial charge >= 0.3 is 0 Å². The molecule has 9 rings (SSSR count). The molecule has 0 spiro atoms. The molecule has 2 aromatic heterocycles. The van der Waals surface area contributed by atoms with Crippen LogP contribution in [0, 0.1) is 0 Å². The van der Waals surface area contributed by atoms with Crippen molar-refractivity contribution in [1.82, 2.24) is 9.55 Å². The second kappa shape index (κ2) is 10.9. The molecule has 2 heterocycles. The van der Waals surface area contributed by atoms with Crippen LogP contribution in [0.2, 0.25) is 0 Å². The summed E-state index contributed by atoms with van der Waals surface area (Å²) in [5.41, 5.74) is 6.31. The molecule has 0 aliphatic rings. The Kier molecular flexibility index (Phi) is 6.41. The number of aromatic nitrogens is 2. The van der Waals surface area contributed by atoms with E-state index in [0.29, 0.717) is 0 Å². The number of para-hydroxylation sites is 2. The fraction of sp³-hybridized carbons (Fsp3) is 0. The summed E-state index contributed by atoms with van der Waals surface area (Å²) in [4.78, 5) is 5.19. The standard InChI is InChI=1S/C43H29N2OP/c46-47(32-16-6-2-7-17-32,33-18-8-3-9-19-33)34-26-24-31(25-27-34)45-40-23-13-11-20-35(40)36-28-29-38-41(43(36)45)37-21-10-12-22-39(37)44-42(38)30-14-4-1-5-15-30/h1-29H. The smallest absolute Gasteiger partial charge is 0.171 e. The minimum atomic E-state index is -3.10. The van der Waals surface area contributed by atoms with E-state index in [1.165, 1.54) is 16.2 Å². The number of fused-ring (bicyclic) bond motifs is 7. The van der Waals surface area contributed by atoms with Crippen LogP contribution in [0.15, 0.2) is 176 Å². The largest absolute Gasteiger partial charge is 0.309 e. The second-order valence-corrected chi connectivity index (χ2v) is 14.6. The van der Waals surface area contributed by atoms with Gasteiger partial charge in [-0.1, -0.05) is 140 Å². The third kappa shape index (κ3) is 4.28. The van der Waals surface area contributed by atoms with Crippen molar-refractivity contribution < 1.29 is 4.57 Å². The van der Waals surface area contributed by atoms with Crippen molar-refractivity contribution in [1.29, 1.82) is 0 Å². The van der Waals surface area contributed by atoms with E-state index in [0.717, 1.165) is 60.2 Å². The number of benzene rings is 7. The highest BCUT2D eigenvalue weighted by Crippen LogP contribution is 2.44. The topological polar surface area (TPSA) is 34.9 Å². The molecule has 3 nitrogen and oxygen atoms in total. The van der Waals surface area contributed by atoms with E-state index < -0.39 is 7.14 Å². The SMILES string of the molecule is O=P(c1ccccc1)(c1ccccc1)c1ccc(-n2c3ccccc3c3ccc4c(-c5ccccc5)nc5ccccc5c4c32)cc1. The predicted octanol–water partition coefficient (Wildman–Crippen LogP) is 9.79. The molecule has 47 heavy (non-hydrogen) atoms. The van der Waals surface area contributed by atoms with Gasteiger partial charge in [-0.3, -0.25) is 0 Å². The van der Waals surface area contributed by atoms with E-state index in [-0.39, 0.29) is 0 Å². The first-order chi connectivity index (χ1) is 23.2. The summed E-state index contributed by atoms with van der Waals surface area (Å²) < 4.78 is 17.5. The van der Waals surface area contributed by atoms with Gasteiger partial charge in [0.1, 0.15) is 0 Å². The van der Waals surface area contributed by atoms with Crippen LogP contribution in [0.4, 0.5) is 0 Å². The molecule has 0 saturated carbocycles. The van der Waals surface area contributed by atoms with E-state index in [2.05, 4.69) is 114 Å². The molecular weight excluding hydrogens is 591 g/mol. The van der Waals surface area contributed by atoms with Crippen LogP contribution in [0.5, 0.6) is 0 Å². The van der Waals surface area contributed by atoms with Gasteiger partial charge in [0.25, 0.3) is 0 Å². The molecule has 0 radical (unpaired) electrons. The van der Waals surface area contributed by atoms with Crippen molar-refractivity contribution in [2.24, 2.45) is 0 Å². The highest BCUT2D eigenvalue weighted by Gasteiger charge is 2.29. The second-order valence-electron chi connectivity index (χ2n) is 11.9. The lowest BCUT2D eigenvalue weighted by Gasteiger charge is -2.20. The minimum absolute atomic E-state index is 0.810. The fourth-order valence-electron chi connectivity index (χ4n) is 7.11. The van der Waals surface area contributed by atoms with Crippen molar-refractivity contribution in [2.45, 2.75) is 0 Å². The summed E-state index contributed by atoms with van der Waals surface area (Å²) in [6, 6.07) is 60.0. The molecule has 0 atom stereocenters. The molecule has 0 aliphatic carbocycles. The lowest BCUT2D eigenvalue weighted by atomic mass is 9.97. The van der Waals surface area contributed by atoms with Crippen molar-refractivity contribution >= 4 is 66.5 Å². The normalized spacial score (nSPS) is 11.9. The molecule has 222 valence electrons. The zero-order valence-electron chi connectivity index (χ0n) is 25.5. The quantitative estimate of drug-likeness (QED) is 0.142. The lowest BCUT2D eigenvalue weighted by molar-refractivity contribution is 0.592. The molecule has 4 heteroatoms. The van der Waals surface area contributed by atoms with Gasteiger partial charge in [0.05, 0.1) is 22.2 Å². The highest BCUT2D eigenvalue weighted by atomic mass is 31.2. The Bertz CT molecular complexity index is 2590. The molecule has 0 fully saturated rings. The van der Waals surface area contributed by atoms with E-state index >= 15 is 4.57 Å². The summed E-state index contributed by atoms with van der Waals surface area (Å²) >= 11 is 0. The fourth-order valence-corrected chi connectivity index (χ4v) is 9.76. The van der Waals surface area contributed by atoms with Crippen molar-refractivity contribution in [3.63, 3.8) is 0 Å². The van der Waals surface area contributed by atoms with Gasteiger partial charge in [-0.05, 0) is 36.4 Å². The number of hydrogen-bond donors (Lipinski definition) is 0. The van der Waals surface area contributed by atoms with E-state index in [1.54, 1.807) is 0 Å². The van der Waals surface area contributed by atoms with Crippen LogP contribution in [-0.4, -0.2) is 9.55 Å². The van der Waals surface area contributed by atoms with Gasteiger partial charge in [0.2, 0.25) is 0 Å². The van der Waals surface area contributed by atoms with Gasteiger partial charge in [-0.15, -0.1) is 0 Å². The molecular formula is C43H29N2OP. The maximum atomic E-state index is 15.1. The molecule has 0 unspecified atom stereocenters. The predicted molar refractivity (Wildman–Crippen MR) is 198 cm³/mol. The Morgan fingerprint density at radius 1 is 0.447 bits per heavy atom. The third-order valence-electron chi connectivity index (χ3n) is 9.26. The van der Waals surface area contributed by atoms with Crippen LogP contribution < -0.4 is 15.9 Å². The molecule has 7 aromatic carbocycles. The van der Waals surface area contributed by atoms with Crippen molar-refractivity contribution in [3.05, 3.63) is 176 Å². The molecule has 0 saturated heterocycles. The van der Waals surface area contributed by atoms with Crippen LogP contribution in [-0.2, 0) is 4.57 Å². The molecule has 0 amide bonds. The van der Waals surface area contributed by atoms with Crippen LogP contribution in [0.1, 0.15) is 0 Å². The molecule has 9 aromatic rings. The van der Waals surface area contributed by atoms with Gasteiger partial charge in [0, 0.05) is 54.1 Å². The number of pyridine rings is 1. The highest BCUT2D eigenvalue weighted by molar-refractivity contribution is 7.85. The molecule has 0 N–H and O–H groups in total. The van der Waals surface area contributed by atoms with Gasteiger partial charge in [-0.2, -0.15) is 0 Å². The van der Waals surface area contributed by atoms with E-state index in [1.807, 2.05) is 66.7 Å². The Balaban J connectivity index is 1.35. The first-order valence-corrected chi connectivity index (χ1v) is 17.5. The first-order valence-electron chi connectivity index (χ1n) is 15.8. The summed E-state index contributed by atoms with van der Waals surface area (Å²) in [5.74, 6) is 0. The van der Waals surface area contributed by atoms with Crippen molar-refractivity contribution in [2.75, 3.05) is 0 Å². The zero-order valence-corrected chi connectivity index (χ0v) is 26.4. The zero-order chi connectivity index (χ0) is 31.4. The van der Waals surface area contributed by atoms with Gasteiger partial charge in [0.15, 0.2) is 7.14 Å². The van der Waals surface area contributed by atoms with E-state index in [9.17, 15) is 0 Å². The Labute approximate surface area is 272 Å². The average molecular weight is 621 g/mol. The van der Waals surface area contributed by atoms with Gasteiger partial charge in [-0.25, -0.2) is 4.98 Å². The Hall–Kier alpha value is -5.76. The first kappa shape index (κ1) is 27.5. The third-order valence-corrected chi connectivity index (χ3v) is 12.3. The van der Waals surface area contributed by atoms with Gasteiger partial charge < -0.3 is 9.13 Å². The Morgan fingerprint density at radius 2 is 0.979 bits per heavy atom. The average Bonchev–Trinajstić information content (AvgIpc) is 3.50. The lowest BCUT2D eigenvalue weighted by Crippen LogP contribution is -2.24. The van der Waals surface area contributed by atoms with E-state index in [4.69, 9.17) is 4.98 Å². The number of nitrogens with zero attached hydrogens (tertiary/aromatic N) is 2. The summed E-state index contributed by atoms with van der Waals surface area (Å²) in [6.45, 7) is 0. The van der Waals surface area contributed by atoms with Crippen LogP contribution >= 0.6 is 7.14 Å². The van der Waals surface area contributed by atoms with Crippen molar-refractivity contribution in [3.8, 4) is 16.9 Å². The maximum Gasteiger partial charge on any atom is 0.171 e. The van der Waals surface area contributed by atoms with Crippen LogP contribution in [0.3, 0.4) is 0 Å². The maximum absolute atomic E-state index is 15.1. The summed E-state index contributed by atoms with van der Waals surface area (Å²) in [7, 11) is -3.10.